The van der Waals surface area contributed by atoms with Crippen LogP contribution in [0.25, 0.3) is 0 Å². The highest BCUT2D eigenvalue weighted by atomic mass is 16.5. The van der Waals surface area contributed by atoms with Gasteiger partial charge in [-0.3, -0.25) is 4.79 Å². The normalized spacial score (nSPS) is 52.2. The van der Waals surface area contributed by atoms with Crippen LogP contribution in [-0.4, -0.2) is 12.1 Å². The maximum atomic E-state index is 11.4. The van der Waals surface area contributed by atoms with E-state index < -0.39 is 0 Å². The number of esters is 1. The van der Waals surface area contributed by atoms with E-state index in [-0.39, 0.29) is 12.1 Å². The molecule has 4 aliphatic rings. The van der Waals surface area contributed by atoms with E-state index in [1.165, 1.54) is 51.4 Å². The maximum Gasteiger partial charge on any atom is 0.302 e. The van der Waals surface area contributed by atoms with Crippen LogP contribution in [0.1, 0.15) is 85.0 Å². The third kappa shape index (κ3) is 2.46. The molecule has 0 unspecified atom stereocenters. The molecule has 2 nitrogen and oxygen atoms in total. The van der Waals surface area contributed by atoms with E-state index in [4.69, 9.17) is 4.74 Å². The van der Waals surface area contributed by atoms with Gasteiger partial charge >= 0.3 is 5.97 Å². The first-order valence-electron chi connectivity index (χ1n) is 10.1. The first-order chi connectivity index (χ1) is 10.9. The second-order valence-electron chi connectivity index (χ2n) is 9.77. The number of carbonyl (C=O) groups excluding carboxylic acids is 1. The van der Waals surface area contributed by atoms with Gasteiger partial charge in [-0.15, -0.1) is 0 Å². The van der Waals surface area contributed by atoms with Gasteiger partial charge in [-0.2, -0.15) is 0 Å². The minimum absolute atomic E-state index is 0.0863. The molecule has 0 N–H and O–H groups in total. The highest BCUT2D eigenvalue weighted by Gasteiger charge is 2.59. The minimum Gasteiger partial charge on any atom is -0.463 e. The molecule has 0 aromatic heterocycles. The smallest absolute Gasteiger partial charge is 0.302 e. The Morgan fingerprint density at radius 1 is 1.00 bits per heavy atom. The summed E-state index contributed by atoms with van der Waals surface area (Å²) in [5, 5.41) is 0. The average Bonchev–Trinajstić information content (AvgIpc) is 2.81. The highest BCUT2D eigenvalue weighted by Crippen LogP contribution is 2.66. The van der Waals surface area contributed by atoms with Crippen LogP contribution in [0.5, 0.6) is 0 Å². The van der Waals surface area contributed by atoms with Crippen LogP contribution < -0.4 is 0 Å². The SMILES string of the molecule is CC(=O)O[C@H]1C[C@H]2[C@@H]3CC[C@H]4CCCC[C@]4(C)[C@H]3CC[C@]2(C)C1. The molecular weight excluding hydrogens is 284 g/mol. The molecule has 0 radical (unpaired) electrons. The molecular formula is C21H34O2. The minimum atomic E-state index is -0.0863. The van der Waals surface area contributed by atoms with Crippen LogP contribution in [-0.2, 0) is 9.53 Å². The molecule has 2 heteroatoms. The number of fused-ring (bicyclic) bond motifs is 5. The lowest BCUT2D eigenvalue weighted by molar-refractivity contribution is -0.146. The second-order valence-corrected chi connectivity index (χ2v) is 9.77. The van der Waals surface area contributed by atoms with E-state index in [2.05, 4.69) is 13.8 Å². The fourth-order valence-electron chi connectivity index (χ4n) is 7.61. The van der Waals surface area contributed by atoms with Crippen LogP contribution in [0, 0.1) is 34.5 Å². The quantitative estimate of drug-likeness (QED) is 0.609. The van der Waals surface area contributed by atoms with Gasteiger partial charge in [0.05, 0.1) is 0 Å². The molecule has 7 atom stereocenters. The summed E-state index contributed by atoms with van der Waals surface area (Å²) in [7, 11) is 0. The topological polar surface area (TPSA) is 26.3 Å². The van der Waals surface area contributed by atoms with Gasteiger partial charge in [0, 0.05) is 6.92 Å². The van der Waals surface area contributed by atoms with Gasteiger partial charge in [0.15, 0.2) is 0 Å². The zero-order chi connectivity index (χ0) is 16.2. The third-order valence-electron chi connectivity index (χ3n) is 8.64. The lowest BCUT2D eigenvalue weighted by atomic mass is 9.45. The van der Waals surface area contributed by atoms with E-state index in [1.54, 1.807) is 6.92 Å². The first-order valence-corrected chi connectivity index (χ1v) is 10.1. The average molecular weight is 319 g/mol. The maximum absolute atomic E-state index is 11.4. The predicted octanol–water partition coefficient (Wildman–Crippen LogP) is 5.35. The molecule has 4 aliphatic carbocycles. The zero-order valence-corrected chi connectivity index (χ0v) is 15.3. The largest absolute Gasteiger partial charge is 0.463 e. The standard InChI is InChI=1S/C21H34O2/c1-14(22)23-16-12-19-17-8-7-15-6-4-5-10-21(15,3)18(17)9-11-20(19,2)13-16/h15-19H,4-13H2,1-3H3/t15-,16+,17-,18+,19+,20-,21+/m1/s1. The van der Waals surface area contributed by atoms with E-state index in [1.807, 2.05) is 0 Å². The van der Waals surface area contributed by atoms with E-state index in [0.29, 0.717) is 10.8 Å². The van der Waals surface area contributed by atoms with Crippen molar-refractivity contribution in [3.05, 3.63) is 0 Å². The Morgan fingerprint density at radius 3 is 2.61 bits per heavy atom. The monoisotopic (exact) mass is 318 g/mol. The van der Waals surface area contributed by atoms with Gasteiger partial charge in [0.25, 0.3) is 0 Å². The zero-order valence-electron chi connectivity index (χ0n) is 15.3. The first kappa shape index (κ1) is 16.0. The molecule has 0 amide bonds. The van der Waals surface area contributed by atoms with Crippen LogP contribution >= 0.6 is 0 Å². The summed E-state index contributed by atoms with van der Waals surface area (Å²) in [4.78, 5) is 11.4. The molecule has 0 aromatic carbocycles. The van der Waals surface area contributed by atoms with Gasteiger partial charge < -0.3 is 4.74 Å². The molecule has 4 saturated carbocycles. The van der Waals surface area contributed by atoms with Gasteiger partial charge in [-0.1, -0.05) is 26.7 Å². The molecule has 0 heterocycles. The molecule has 130 valence electrons. The molecule has 0 aliphatic heterocycles. The van der Waals surface area contributed by atoms with Crippen LogP contribution in [0.2, 0.25) is 0 Å². The van der Waals surface area contributed by atoms with E-state index in [0.717, 1.165) is 36.5 Å². The summed E-state index contributed by atoms with van der Waals surface area (Å²) < 4.78 is 5.64. The van der Waals surface area contributed by atoms with Crippen molar-refractivity contribution in [1.29, 1.82) is 0 Å². The van der Waals surface area contributed by atoms with Crippen LogP contribution in [0.4, 0.5) is 0 Å². The number of carbonyl (C=O) groups is 1. The number of hydrogen-bond acceptors (Lipinski definition) is 2. The summed E-state index contributed by atoms with van der Waals surface area (Å²) in [6.07, 6.45) is 14.0. The van der Waals surface area contributed by atoms with Crippen molar-refractivity contribution in [1.82, 2.24) is 0 Å². The van der Waals surface area contributed by atoms with Crippen molar-refractivity contribution in [2.45, 2.75) is 91.1 Å². The lowest BCUT2D eigenvalue weighted by Crippen LogP contribution is -2.51. The van der Waals surface area contributed by atoms with Crippen molar-refractivity contribution < 1.29 is 9.53 Å². The fourth-order valence-corrected chi connectivity index (χ4v) is 7.61. The summed E-state index contributed by atoms with van der Waals surface area (Å²) in [5.74, 6) is 3.54. The fraction of sp³-hybridized carbons (Fsp3) is 0.952. The van der Waals surface area contributed by atoms with Crippen molar-refractivity contribution in [2.75, 3.05) is 0 Å². The molecule has 4 rings (SSSR count). The molecule has 23 heavy (non-hydrogen) atoms. The van der Waals surface area contributed by atoms with Gasteiger partial charge in [0.1, 0.15) is 6.10 Å². The summed E-state index contributed by atoms with van der Waals surface area (Å²) in [6, 6.07) is 0. The van der Waals surface area contributed by atoms with Crippen molar-refractivity contribution in [2.24, 2.45) is 34.5 Å². The van der Waals surface area contributed by atoms with Crippen molar-refractivity contribution >= 4 is 5.97 Å². The Labute approximate surface area is 141 Å². The molecule has 0 aromatic rings. The Balaban J connectivity index is 1.57. The van der Waals surface area contributed by atoms with Crippen molar-refractivity contribution in [3.63, 3.8) is 0 Å². The Bertz CT molecular complexity index is 486. The Hall–Kier alpha value is -0.530. The number of ether oxygens (including phenoxy) is 1. The molecule has 0 bridgehead atoms. The van der Waals surface area contributed by atoms with E-state index in [9.17, 15) is 4.79 Å². The highest BCUT2D eigenvalue weighted by molar-refractivity contribution is 5.66. The Morgan fingerprint density at radius 2 is 1.83 bits per heavy atom. The van der Waals surface area contributed by atoms with E-state index >= 15 is 0 Å². The Kier molecular flexibility index (Phi) is 3.81. The second kappa shape index (κ2) is 5.49. The summed E-state index contributed by atoms with van der Waals surface area (Å²) in [5.41, 5.74) is 1.04. The van der Waals surface area contributed by atoms with Crippen LogP contribution in [0.3, 0.4) is 0 Å². The number of hydrogen-bond donors (Lipinski definition) is 0. The molecule has 0 saturated heterocycles. The summed E-state index contributed by atoms with van der Waals surface area (Å²) in [6.45, 7) is 6.70. The molecule has 0 spiro atoms. The predicted molar refractivity (Wildman–Crippen MR) is 91.9 cm³/mol. The third-order valence-corrected chi connectivity index (χ3v) is 8.64. The van der Waals surface area contributed by atoms with Gasteiger partial charge in [0.2, 0.25) is 0 Å². The van der Waals surface area contributed by atoms with Gasteiger partial charge in [-0.05, 0) is 85.9 Å². The van der Waals surface area contributed by atoms with Crippen molar-refractivity contribution in [3.8, 4) is 0 Å². The summed E-state index contributed by atoms with van der Waals surface area (Å²) >= 11 is 0. The number of rotatable bonds is 1. The van der Waals surface area contributed by atoms with Gasteiger partial charge in [-0.25, -0.2) is 0 Å². The van der Waals surface area contributed by atoms with Crippen LogP contribution in [0.15, 0.2) is 0 Å². The lowest BCUT2D eigenvalue weighted by Gasteiger charge is -2.59. The molecule has 4 fully saturated rings.